The van der Waals surface area contributed by atoms with E-state index in [0.29, 0.717) is 0 Å². The number of halogens is 2. The topological polar surface area (TPSA) is 24.9 Å². The van der Waals surface area contributed by atoms with Gasteiger partial charge < -0.3 is 5.32 Å². The standard InChI is InChI=1S/C13H12ClIN2/c1-9(12-4-2-3-7-16-12)17-13-6-5-10(15)8-11(13)14/h2-9,17H,1H3. The molecule has 2 aromatic rings. The molecular weight excluding hydrogens is 347 g/mol. The largest absolute Gasteiger partial charge is 0.376 e. The van der Waals surface area contributed by atoms with Gasteiger partial charge in [0, 0.05) is 9.77 Å². The lowest BCUT2D eigenvalue weighted by atomic mass is 10.2. The molecule has 0 saturated heterocycles. The van der Waals surface area contributed by atoms with E-state index in [-0.39, 0.29) is 6.04 Å². The van der Waals surface area contributed by atoms with Crippen molar-refractivity contribution in [3.8, 4) is 0 Å². The predicted molar refractivity (Wildman–Crippen MR) is 80.4 cm³/mol. The minimum Gasteiger partial charge on any atom is -0.376 e. The monoisotopic (exact) mass is 358 g/mol. The Morgan fingerprint density at radius 2 is 2.12 bits per heavy atom. The van der Waals surface area contributed by atoms with Gasteiger partial charge in [0.1, 0.15) is 0 Å². The maximum absolute atomic E-state index is 6.17. The zero-order valence-electron chi connectivity index (χ0n) is 9.32. The number of rotatable bonds is 3. The first kappa shape index (κ1) is 12.6. The number of benzene rings is 1. The SMILES string of the molecule is CC(Nc1ccc(I)cc1Cl)c1ccccn1. The maximum Gasteiger partial charge on any atom is 0.0657 e. The smallest absolute Gasteiger partial charge is 0.0657 e. The molecule has 17 heavy (non-hydrogen) atoms. The van der Waals surface area contributed by atoms with Crippen molar-refractivity contribution < 1.29 is 0 Å². The fraction of sp³-hybridized carbons (Fsp3) is 0.154. The van der Waals surface area contributed by atoms with Crippen LogP contribution in [0.4, 0.5) is 5.69 Å². The Kier molecular flexibility index (Phi) is 4.23. The molecule has 1 aromatic heterocycles. The van der Waals surface area contributed by atoms with Crippen molar-refractivity contribution in [2.45, 2.75) is 13.0 Å². The van der Waals surface area contributed by atoms with E-state index in [9.17, 15) is 0 Å². The molecule has 0 radical (unpaired) electrons. The molecule has 2 rings (SSSR count). The first-order valence-electron chi connectivity index (χ1n) is 5.29. The van der Waals surface area contributed by atoms with E-state index in [1.807, 2.05) is 36.4 Å². The minimum atomic E-state index is 0.133. The van der Waals surface area contributed by atoms with Crippen LogP contribution >= 0.6 is 34.2 Å². The van der Waals surface area contributed by atoms with Crippen molar-refractivity contribution in [3.63, 3.8) is 0 Å². The molecule has 0 aliphatic rings. The number of hydrogen-bond donors (Lipinski definition) is 1. The van der Waals surface area contributed by atoms with E-state index in [4.69, 9.17) is 11.6 Å². The molecule has 4 heteroatoms. The Morgan fingerprint density at radius 1 is 1.29 bits per heavy atom. The summed E-state index contributed by atoms with van der Waals surface area (Å²) in [4.78, 5) is 4.31. The van der Waals surface area contributed by atoms with E-state index >= 15 is 0 Å². The molecule has 88 valence electrons. The van der Waals surface area contributed by atoms with Crippen molar-refractivity contribution in [1.29, 1.82) is 0 Å². The average Bonchev–Trinajstić information content (AvgIpc) is 2.34. The maximum atomic E-state index is 6.17. The highest BCUT2D eigenvalue weighted by atomic mass is 127. The van der Waals surface area contributed by atoms with E-state index in [1.54, 1.807) is 6.20 Å². The van der Waals surface area contributed by atoms with Crippen molar-refractivity contribution in [1.82, 2.24) is 4.98 Å². The van der Waals surface area contributed by atoms with Gasteiger partial charge in [-0.1, -0.05) is 17.7 Å². The fourth-order valence-electron chi connectivity index (χ4n) is 1.55. The summed E-state index contributed by atoms with van der Waals surface area (Å²) < 4.78 is 1.13. The van der Waals surface area contributed by atoms with Crippen LogP contribution in [0, 0.1) is 3.57 Å². The molecular formula is C13H12ClIN2. The van der Waals surface area contributed by atoms with Crippen molar-refractivity contribution >= 4 is 39.9 Å². The van der Waals surface area contributed by atoms with Gasteiger partial charge >= 0.3 is 0 Å². The van der Waals surface area contributed by atoms with Crippen LogP contribution in [0.1, 0.15) is 18.7 Å². The van der Waals surface area contributed by atoms with E-state index in [0.717, 1.165) is 20.0 Å². The molecule has 1 atom stereocenters. The third-order valence-electron chi connectivity index (χ3n) is 2.43. The molecule has 1 unspecified atom stereocenters. The fourth-order valence-corrected chi connectivity index (χ4v) is 2.46. The van der Waals surface area contributed by atoms with E-state index < -0.39 is 0 Å². The van der Waals surface area contributed by atoms with Crippen LogP contribution in [0.15, 0.2) is 42.6 Å². The molecule has 2 nitrogen and oxygen atoms in total. The van der Waals surface area contributed by atoms with Crippen LogP contribution in [-0.4, -0.2) is 4.98 Å². The summed E-state index contributed by atoms with van der Waals surface area (Å²) >= 11 is 8.42. The van der Waals surface area contributed by atoms with Gasteiger partial charge in [-0.25, -0.2) is 0 Å². The molecule has 1 aromatic carbocycles. The molecule has 0 aliphatic carbocycles. The van der Waals surface area contributed by atoms with Gasteiger partial charge in [-0.15, -0.1) is 0 Å². The van der Waals surface area contributed by atoms with E-state index in [1.165, 1.54) is 0 Å². The van der Waals surface area contributed by atoms with Crippen LogP contribution in [0.2, 0.25) is 5.02 Å². The van der Waals surface area contributed by atoms with Gasteiger partial charge in [0.25, 0.3) is 0 Å². The van der Waals surface area contributed by atoms with Gasteiger partial charge in [0.05, 0.1) is 22.4 Å². The van der Waals surface area contributed by atoms with Gasteiger partial charge in [-0.2, -0.15) is 0 Å². The Hall–Kier alpha value is -0.810. The third kappa shape index (κ3) is 3.33. The quantitative estimate of drug-likeness (QED) is 0.817. The number of hydrogen-bond acceptors (Lipinski definition) is 2. The number of aromatic nitrogens is 1. The summed E-state index contributed by atoms with van der Waals surface area (Å²) in [6, 6.07) is 12.0. The number of nitrogens with zero attached hydrogens (tertiary/aromatic N) is 1. The van der Waals surface area contributed by atoms with Crippen LogP contribution in [-0.2, 0) is 0 Å². The molecule has 1 N–H and O–H groups in total. The molecule has 0 bridgehead atoms. The second kappa shape index (κ2) is 5.69. The second-order valence-corrected chi connectivity index (χ2v) is 5.40. The molecule has 0 fully saturated rings. The highest BCUT2D eigenvalue weighted by Crippen LogP contribution is 2.27. The van der Waals surface area contributed by atoms with Crippen LogP contribution in [0.5, 0.6) is 0 Å². The lowest BCUT2D eigenvalue weighted by molar-refractivity contribution is 0.839. The Labute approximate surface area is 120 Å². The Morgan fingerprint density at radius 3 is 2.76 bits per heavy atom. The lowest BCUT2D eigenvalue weighted by Crippen LogP contribution is -2.08. The highest BCUT2D eigenvalue weighted by molar-refractivity contribution is 14.1. The molecule has 0 aliphatic heterocycles. The van der Waals surface area contributed by atoms with Crippen LogP contribution in [0.25, 0.3) is 0 Å². The summed E-state index contributed by atoms with van der Waals surface area (Å²) in [5, 5.41) is 4.09. The van der Waals surface area contributed by atoms with E-state index in [2.05, 4.69) is 39.8 Å². The summed E-state index contributed by atoms with van der Waals surface area (Å²) in [6.07, 6.45) is 1.79. The second-order valence-electron chi connectivity index (χ2n) is 3.74. The summed E-state index contributed by atoms with van der Waals surface area (Å²) in [7, 11) is 0. The minimum absolute atomic E-state index is 0.133. The zero-order valence-corrected chi connectivity index (χ0v) is 12.2. The number of nitrogens with one attached hydrogen (secondary N) is 1. The lowest BCUT2D eigenvalue weighted by Gasteiger charge is -2.15. The van der Waals surface area contributed by atoms with Crippen LogP contribution in [0.3, 0.4) is 0 Å². The first-order chi connectivity index (χ1) is 8.16. The van der Waals surface area contributed by atoms with Gasteiger partial charge in [0.15, 0.2) is 0 Å². The highest BCUT2D eigenvalue weighted by Gasteiger charge is 2.08. The Bertz CT molecular complexity index is 502. The third-order valence-corrected chi connectivity index (χ3v) is 3.42. The predicted octanol–water partition coefficient (Wildman–Crippen LogP) is 4.51. The van der Waals surface area contributed by atoms with Gasteiger partial charge in [-0.05, 0) is 59.8 Å². The van der Waals surface area contributed by atoms with Crippen molar-refractivity contribution in [2.24, 2.45) is 0 Å². The number of anilines is 1. The molecule has 1 heterocycles. The van der Waals surface area contributed by atoms with Gasteiger partial charge in [0.2, 0.25) is 0 Å². The summed E-state index contributed by atoms with van der Waals surface area (Å²) in [6.45, 7) is 2.07. The zero-order chi connectivity index (χ0) is 12.3. The van der Waals surface area contributed by atoms with Crippen molar-refractivity contribution in [3.05, 3.63) is 56.9 Å². The normalized spacial score (nSPS) is 12.2. The summed E-state index contributed by atoms with van der Waals surface area (Å²) in [5.74, 6) is 0. The molecule has 0 saturated carbocycles. The average molecular weight is 359 g/mol. The van der Waals surface area contributed by atoms with Gasteiger partial charge in [-0.3, -0.25) is 4.98 Å². The number of pyridine rings is 1. The molecule has 0 spiro atoms. The molecule has 0 amide bonds. The summed E-state index contributed by atoms with van der Waals surface area (Å²) in [5.41, 5.74) is 1.94. The van der Waals surface area contributed by atoms with Crippen molar-refractivity contribution in [2.75, 3.05) is 5.32 Å². The van der Waals surface area contributed by atoms with Crippen LogP contribution < -0.4 is 5.32 Å². The Balaban J connectivity index is 2.16. The first-order valence-corrected chi connectivity index (χ1v) is 6.75.